The van der Waals surface area contributed by atoms with Crippen LogP contribution >= 0.6 is 11.6 Å². The summed E-state index contributed by atoms with van der Waals surface area (Å²) in [5, 5.41) is 6.39. The van der Waals surface area contributed by atoms with Crippen LogP contribution in [0.15, 0.2) is 74.8 Å². The number of esters is 1. The van der Waals surface area contributed by atoms with Crippen molar-refractivity contribution < 1.29 is 23.2 Å². The van der Waals surface area contributed by atoms with Crippen LogP contribution in [-0.4, -0.2) is 29.2 Å². The third kappa shape index (κ3) is 4.95. The van der Waals surface area contributed by atoms with Gasteiger partial charge in [-0.15, -0.1) is 0 Å². The number of halogens is 1. The van der Waals surface area contributed by atoms with Crippen molar-refractivity contribution in [1.82, 2.24) is 5.01 Å². The molecule has 0 saturated heterocycles. The number of benzene rings is 1. The lowest BCUT2D eigenvalue weighted by molar-refractivity contribution is -0.149. The maximum Gasteiger partial charge on any atom is 0.331 e. The number of hydrogen-bond donors (Lipinski definition) is 0. The Labute approximate surface area is 183 Å². The Hall–Kier alpha value is -3.58. The van der Waals surface area contributed by atoms with Crippen molar-refractivity contribution in [2.24, 2.45) is 5.10 Å². The Morgan fingerprint density at radius 2 is 2.03 bits per heavy atom. The first kappa shape index (κ1) is 20.7. The summed E-state index contributed by atoms with van der Waals surface area (Å²) in [7, 11) is 0. The van der Waals surface area contributed by atoms with Crippen LogP contribution in [0.5, 0.6) is 0 Å². The van der Waals surface area contributed by atoms with Gasteiger partial charge in [0.05, 0.1) is 12.0 Å². The fraction of sp³-hybridized carbons (Fsp3) is 0.174. The fourth-order valence-corrected chi connectivity index (χ4v) is 3.33. The Morgan fingerprint density at radius 3 is 2.71 bits per heavy atom. The molecule has 1 aliphatic rings. The minimum Gasteiger partial charge on any atom is -0.467 e. The predicted molar refractivity (Wildman–Crippen MR) is 114 cm³/mol. The van der Waals surface area contributed by atoms with Crippen LogP contribution < -0.4 is 0 Å². The molecule has 0 radical (unpaired) electrons. The molecule has 2 aromatic heterocycles. The molecule has 1 aliphatic heterocycles. The van der Waals surface area contributed by atoms with Gasteiger partial charge in [-0.25, -0.2) is 9.80 Å². The maximum atomic E-state index is 12.8. The zero-order valence-corrected chi connectivity index (χ0v) is 17.4. The Balaban J connectivity index is 1.45. The smallest absolute Gasteiger partial charge is 0.331 e. The first-order chi connectivity index (χ1) is 15.0. The Morgan fingerprint density at radius 1 is 1.23 bits per heavy atom. The van der Waals surface area contributed by atoms with E-state index in [1.165, 1.54) is 17.2 Å². The van der Waals surface area contributed by atoms with Gasteiger partial charge >= 0.3 is 5.97 Å². The third-order valence-electron chi connectivity index (χ3n) is 4.70. The molecule has 0 aliphatic carbocycles. The molecule has 8 heteroatoms. The molecule has 0 saturated carbocycles. The molecule has 7 nitrogen and oxygen atoms in total. The number of aryl methyl sites for hydroxylation is 1. The molecule has 0 spiro atoms. The molecule has 158 valence electrons. The van der Waals surface area contributed by atoms with Gasteiger partial charge in [0.15, 0.2) is 6.61 Å². The summed E-state index contributed by atoms with van der Waals surface area (Å²) >= 11 is 5.96. The molecule has 0 fully saturated rings. The average molecular weight is 439 g/mol. The lowest BCUT2D eigenvalue weighted by atomic mass is 10.0. The number of carbonyl (C=O) groups excluding carboxylic acids is 2. The predicted octanol–water partition coefficient (Wildman–Crippen LogP) is 4.77. The van der Waals surface area contributed by atoms with Gasteiger partial charge in [-0.05, 0) is 55.0 Å². The molecule has 1 aromatic carbocycles. The van der Waals surface area contributed by atoms with E-state index in [1.54, 1.807) is 49.6 Å². The number of carbonyl (C=O) groups is 2. The van der Waals surface area contributed by atoms with Crippen LogP contribution in [0.25, 0.3) is 6.08 Å². The minimum absolute atomic E-state index is 0.423. The summed E-state index contributed by atoms with van der Waals surface area (Å²) in [5.41, 5.74) is 1.57. The highest BCUT2D eigenvalue weighted by atomic mass is 35.5. The fourth-order valence-electron chi connectivity index (χ4n) is 3.20. The minimum atomic E-state index is -0.655. The van der Waals surface area contributed by atoms with Gasteiger partial charge in [-0.3, -0.25) is 4.79 Å². The van der Waals surface area contributed by atoms with Crippen molar-refractivity contribution in [2.45, 2.75) is 19.4 Å². The zero-order chi connectivity index (χ0) is 21.8. The molecule has 0 N–H and O–H groups in total. The highest BCUT2D eigenvalue weighted by Crippen LogP contribution is 2.33. The van der Waals surface area contributed by atoms with Crippen molar-refractivity contribution in [3.8, 4) is 0 Å². The van der Waals surface area contributed by atoms with Crippen LogP contribution in [0.1, 0.15) is 35.3 Å². The molecular formula is C23H19ClN2O5. The second kappa shape index (κ2) is 9.06. The number of nitrogens with zero attached hydrogens (tertiary/aromatic N) is 2. The molecule has 31 heavy (non-hydrogen) atoms. The number of hydrogen-bond acceptors (Lipinski definition) is 6. The summed E-state index contributed by atoms with van der Waals surface area (Å²) < 4.78 is 15.9. The molecule has 0 bridgehead atoms. The van der Waals surface area contributed by atoms with Crippen molar-refractivity contribution in [2.75, 3.05) is 6.61 Å². The summed E-state index contributed by atoms with van der Waals surface area (Å²) in [6.07, 6.45) is 4.70. The molecular weight excluding hydrogens is 420 g/mol. The largest absolute Gasteiger partial charge is 0.467 e. The second-order valence-electron chi connectivity index (χ2n) is 6.92. The van der Waals surface area contributed by atoms with E-state index in [1.807, 2.05) is 12.1 Å². The van der Waals surface area contributed by atoms with Crippen LogP contribution in [-0.2, 0) is 14.3 Å². The van der Waals surface area contributed by atoms with Crippen molar-refractivity contribution in [3.63, 3.8) is 0 Å². The third-order valence-corrected chi connectivity index (χ3v) is 4.95. The summed E-state index contributed by atoms with van der Waals surface area (Å²) in [6, 6.07) is 13.8. The van der Waals surface area contributed by atoms with E-state index < -0.39 is 24.5 Å². The van der Waals surface area contributed by atoms with Gasteiger partial charge in [-0.1, -0.05) is 23.7 Å². The van der Waals surface area contributed by atoms with Gasteiger partial charge < -0.3 is 13.6 Å². The monoisotopic (exact) mass is 438 g/mol. The Kier molecular flexibility index (Phi) is 6.04. The molecule has 1 atom stereocenters. The number of rotatable bonds is 6. The van der Waals surface area contributed by atoms with E-state index in [0.29, 0.717) is 28.7 Å². The van der Waals surface area contributed by atoms with Gasteiger partial charge in [-0.2, -0.15) is 5.10 Å². The quantitative estimate of drug-likeness (QED) is 0.409. The van der Waals surface area contributed by atoms with E-state index >= 15 is 0 Å². The first-order valence-corrected chi connectivity index (χ1v) is 9.97. The standard InChI is InChI=1S/C23H19ClN2O5/c1-15-4-9-18(31-15)10-11-23(28)30-14-22(27)26-20(21-3-2-12-29-21)13-19(25-26)16-5-7-17(24)8-6-16/h2-12,20H,13-14H2,1H3/b11-10+. The summed E-state index contributed by atoms with van der Waals surface area (Å²) in [6.45, 7) is 1.35. The SMILES string of the molecule is Cc1ccc(/C=C/C(=O)OCC(=O)N2N=C(c3ccc(Cl)cc3)CC2c2ccco2)o1. The van der Waals surface area contributed by atoms with E-state index in [0.717, 1.165) is 11.3 Å². The molecule has 1 amide bonds. The maximum absolute atomic E-state index is 12.8. The summed E-state index contributed by atoms with van der Waals surface area (Å²) in [4.78, 5) is 24.8. The van der Waals surface area contributed by atoms with Crippen molar-refractivity contribution in [3.05, 3.63) is 88.7 Å². The molecule has 4 rings (SSSR count). The van der Waals surface area contributed by atoms with Gasteiger partial charge in [0.2, 0.25) is 0 Å². The lowest BCUT2D eigenvalue weighted by Crippen LogP contribution is -2.31. The van der Waals surface area contributed by atoms with Crippen LogP contribution in [0.4, 0.5) is 0 Å². The van der Waals surface area contributed by atoms with E-state index in [4.69, 9.17) is 25.2 Å². The van der Waals surface area contributed by atoms with Crippen LogP contribution in [0, 0.1) is 6.92 Å². The molecule has 3 aromatic rings. The summed E-state index contributed by atoms with van der Waals surface area (Å²) in [5.74, 6) is 0.741. The van der Waals surface area contributed by atoms with E-state index in [9.17, 15) is 9.59 Å². The number of amides is 1. The molecule has 3 heterocycles. The van der Waals surface area contributed by atoms with Gasteiger partial charge in [0.1, 0.15) is 23.3 Å². The van der Waals surface area contributed by atoms with Crippen molar-refractivity contribution >= 4 is 35.3 Å². The highest BCUT2D eigenvalue weighted by molar-refractivity contribution is 6.30. The van der Waals surface area contributed by atoms with Crippen LogP contribution in [0.3, 0.4) is 0 Å². The van der Waals surface area contributed by atoms with Gasteiger partial charge in [0, 0.05) is 17.5 Å². The van der Waals surface area contributed by atoms with Crippen molar-refractivity contribution in [1.29, 1.82) is 0 Å². The Bertz CT molecular complexity index is 1130. The first-order valence-electron chi connectivity index (χ1n) is 9.60. The number of ether oxygens (including phenoxy) is 1. The number of hydrazone groups is 1. The highest BCUT2D eigenvalue weighted by Gasteiger charge is 2.35. The topological polar surface area (TPSA) is 85.3 Å². The van der Waals surface area contributed by atoms with E-state index in [2.05, 4.69) is 5.10 Å². The van der Waals surface area contributed by atoms with Gasteiger partial charge in [0.25, 0.3) is 5.91 Å². The second-order valence-corrected chi connectivity index (χ2v) is 7.35. The van der Waals surface area contributed by atoms with Crippen LogP contribution in [0.2, 0.25) is 5.02 Å². The average Bonchev–Trinajstić information content (AvgIpc) is 3.51. The molecule has 1 unspecified atom stereocenters. The lowest BCUT2D eigenvalue weighted by Gasteiger charge is -2.19. The zero-order valence-electron chi connectivity index (χ0n) is 16.7. The number of furan rings is 2. The normalized spacial score (nSPS) is 16.0. The van der Waals surface area contributed by atoms with E-state index in [-0.39, 0.29) is 0 Å².